The molecule has 1 atom stereocenters. The second-order valence-electron chi connectivity index (χ2n) is 5.57. The molecule has 1 aromatic rings. The lowest BCUT2D eigenvalue weighted by molar-refractivity contribution is -0.0233. The third kappa shape index (κ3) is 4.26. The summed E-state index contributed by atoms with van der Waals surface area (Å²) in [4.78, 5) is 4.29. The van der Waals surface area contributed by atoms with Crippen LogP contribution in [0.4, 0.5) is 0 Å². The van der Waals surface area contributed by atoms with Crippen LogP contribution in [-0.4, -0.2) is 46.7 Å². The fourth-order valence-corrected chi connectivity index (χ4v) is 2.35. The van der Waals surface area contributed by atoms with Gasteiger partial charge in [-0.1, -0.05) is 0 Å². The van der Waals surface area contributed by atoms with Gasteiger partial charge in [-0.3, -0.25) is 0 Å². The first kappa shape index (κ1) is 14.4. The molecule has 2 rings (SSSR count). The largest absolute Gasteiger partial charge is 0.383 e. The lowest BCUT2D eigenvalue weighted by Gasteiger charge is -2.19. The predicted octanol–water partition coefficient (Wildman–Crippen LogP) is 0.972. The van der Waals surface area contributed by atoms with Crippen LogP contribution in [-0.2, 0) is 22.6 Å². The maximum absolute atomic E-state index is 5.99. The van der Waals surface area contributed by atoms with E-state index in [-0.39, 0.29) is 11.7 Å². The summed E-state index contributed by atoms with van der Waals surface area (Å²) in [6.45, 7) is 7.29. The molecule has 108 valence electrons. The van der Waals surface area contributed by atoms with E-state index in [1.807, 2.05) is 4.68 Å². The number of methoxy groups -OCH3 is 1. The highest BCUT2D eigenvalue weighted by Gasteiger charge is 2.32. The molecule has 0 bridgehead atoms. The number of rotatable bonds is 7. The number of ether oxygens (including phenoxy) is 2. The molecule has 1 aromatic heterocycles. The van der Waals surface area contributed by atoms with Gasteiger partial charge in [0.1, 0.15) is 12.2 Å². The summed E-state index contributed by atoms with van der Waals surface area (Å²) in [6.07, 6.45) is 4.04. The lowest BCUT2D eigenvalue weighted by Crippen LogP contribution is -2.26. The molecule has 1 aliphatic rings. The zero-order chi connectivity index (χ0) is 13.7. The minimum Gasteiger partial charge on any atom is -0.383 e. The number of hydrogen-bond donors (Lipinski definition) is 1. The molecule has 0 saturated carbocycles. The van der Waals surface area contributed by atoms with Gasteiger partial charge in [0.15, 0.2) is 0 Å². The summed E-state index contributed by atoms with van der Waals surface area (Å²) in [5.41, 5.74) is 0.00211. The van der Waals surface area contributed by atoms with Crippen molar-refractivity contribution in [2.75, 3.05) is 20.3 Å². The molecule has 0 spiro atoms. The maximum Gasteiger partial charge on any atom is 0.140 e. The Kier molecular flexibility index (Phi) is 4.90. The van der Waals surface area contributed by atoms with Gasteiger partial charge in [-0.05, 0) is 26.7 Å². The second kappa shape index (κ2) is 6.45. The molecular weight excluding hydrogens is 244 g/mol. The van der Waals surface area contributed by atoms with Crippen LogP contribution in [0.3, 0.4) is 0 Å². The third-order valence-electron chi connectivity index (χ3n) is 3.39. The first-order valence-electron chi connectivity index (χ1n) is 6.85. The van der Waals surface area contributed by atoms with Gasteiger partial charge in [0.2, 0.25) is 0 Å². The number of nitrogens with zero attached hydrogens (tertiary/aromatic N) is 3. The Bertz CT molecular complexity index is 392. The van der Waals surface area contributed by atoms with Crippen LogP contribution in [0.5, 0.6) is 0 Å². The van der Waals surface area contributed by atoms with Gasteiger partial charge in [0.05, 0.1) is 31.4 Å². The molecule has 0 aliphatic carbocycles. The molecule has 0 radical (unpaired) electrons. The average molecular weight is 268 g/mol. The van der Waals surface area contributed by atoms with Gasteiger partial charge >= 0.3 is 0 Å². The maximum atomic E-state index is 5.99. The van der Waals surface area contributed by atoms with Crippen molar-refractivity contribution in [3.05, 3.63) is 12.2 Å². The molecule has 0 aromatic carbocycles. The molecule has 1 fully saturated rings. The Morgan fingerprint density at radius 3 is 3.11 bits per heavy atom. The lowest BCUT2D eigenvalue weighted by atomic mass is 10.1. The average Bonchev–Trinajstić information content (AvgIpc) is 2.92. The van der Waals surface area contributed by atoms with Crippen molar-refractivity contribution in [1.82, 2.24) is 20.1 Å². The van der Waals surface area contributed by atoms with Crippen molar-refractivity contribution in [2.45, 2.75) is 51.5 Å². The van der Waals surface area contributed by atoms with Gasteiger partial charge < -0.3 is 14.8 Å². The summed E-state index contributed by atoms with van der Waals surface area (Å²) in [5.74, 6) is 0.949. The Morgan fingerprint density at radius 1 is 1.58 bits per heavy atom. The van der Waals surface area contributed by atoms with Crippen LogP contribution in [0, 0.1) is 0 Å². The SMILES string of the molecule is COCCNCc1ncnn1CC1CCC(C)(C)O1. The molecule has 1 unspecified atom stereocenters. The van der Waals surface area contributed by atoms with Crippen molar-refractivity contribution in [3.8, 4) is 0 Å². The van der Waals surface area contributed by atoms with E-state index in [9.17, 15) is 0 Å². The normalized spacial score (nSPS) is 21.9. The Balaban J connectivity index is 1.82. The van der Waals surface area contributed by atoms with E-state index in [1.54, 1.807) is 13.4 Å². The highest BCUT2D eigenvalue weighted by atomic mass is 16.5. The van der Waals surface area contributed by atoms with Crippen molar-refractivity contribution >= 4 is 0 Å². The standard InChI is InChI=1S/C13H24N4O2/c1-13(2)5-4-11(19-13)9-17-12(15-10-16-17)8-14-6-7-18-3/h10-11,14H,4-9H2,1-3H3. The van der Waals surface area contributed by atoms with Gasteiger partial charge in [-0.25, -0.2) is 9.67 Å². The number of nitrogens with one attached hydrogen (secondary N) is 1. The predicted molar refractivity (Wildman–Crippen MR) is 71.8 cm³/mol. The smallest absolute Gasteiger partial charge is 0.140 e. The second-order valence-corrected chi connectivity index (χ2v) is 5.57. The summed E-state index contributed by atoms with van der Waals surface area (Å²) in [7, 11) is 1.70. The van der Waals surface area contributed by atoms with Gasteiger partial charge in [-0.2, -0.15) is 5.10 Å². The summed E-state index contributed by atoms with van der Waals surface area (Å²) >= 11 is 0. The van der Waals surface area contributed by atoms with Gasteiger partial charge in [0, 0.05) is 13.7 Å². The molecule has 1 N–H and O–H groups in total. The van der Waals surface area contributed by atoms with E-state index >= 15 is 0 Å². The molecular formula is C13H24N4O2. The number of aromatic nitrogens is 3. The fraction of sp³-hybridized carbons (Fsp3) is 0.846. The summed E-state index contributed by atoms with van der Waals surface area (Å²) in [6, 6.07) is 0. The molecule has 6 heteroatoms. The van der Waals surface area contributed by atoms with Crippen molar-refractivity contribution in [2.24, 2.45) is 0 Å². The van der Waals surface area contributed by atoms with Gasteiger partial charge in [-0.15, -0.1) is 0 Å². The molecule has 1 saturated heterocycles. The molecule has 1 aliphatic heterocycles. The zero-order valence-corrected chi connectivity index (χ0v) is 12.1. The minimum atomic E-state index is 0.00211. The van der Waals surface area contributed by atoms with E-state index in [0.29, 0.717) is 13.2 Å². The van der Waals surface area contributed by atoms with Crippen molar-refractivity contribution in [1.29, 1.82) is 0 Å². The number of hydrogen-bond acceptors (Lipinski definition) is 5. The Morgan fingerprint density at radius 2 is 2.42 bits per heavy atom. The van der Waals surface area contributed by atoms with Crippen LogP contribution < -0.4 is 5.32 Å². The van der Waals surface area contributed by atoms with Crippen LogP contribution in [0.15, 0.2) is 6.33 Å². The highest BCUT2D eigenvalue weighted by Crippen LogP contribution is 2.30. The first-order valence-corrected chi connectivity index (χ1v) is 6.85. The first-order chi connectivity index (χ1) is 9.11. The molecule has 2 heterocycles. The summed E-state index contributed by atoms with van der Waals surface area (Å²) < 4.78 is 12.9. The van der Waals surface area contributed by atoms with Crippen LogP contribution >= 0.6 is 0 Å². The van der Waals surface area contributed by atoms with E-state index in [0.717, 1.165) is 31.8 Å². The van der Waals surface area contributed by atoms with Crippen LogP contribution in [0.2, 0.25) is 0 Å². The molecule has 0 amide bonds. The van der Waals surface area contributed by atoms with Crippen LogP contribution in [0.25, 0.3) is 0 Å². The zero-order valence-electron chi connectivity index (χ0n) is 12.1. The van der Waals surface area contributed by atoms with Gasteiger partial charge in [0.25, 0.3) is 0 Å². The monoisotopic (exact) mass is 268 g/mol. The van der Waals surface area contributed by atoms with Crippen molar-refractivity contribution < 1.29 is 9.47 Å². The van der Waals surface area contributed by atoms with E-state index in [2.05, 4.69) is 29.2 Å². The third-order valence-corrected chi connectivity index (χ3v) is 3.39. The Hall–Kier alpha value is -0.980. The topological polar surface area (TPSA) is 61.2 Å². The fourth-order valence-electron chi connectivity index (χ4n) is 2.35. The molecule has 19 heavy (non-hydrogen) atoms. The van der Waals surface area contributed by atoms with E-state index < -0.39 is 0 Å². The van der Waals surface area contributed by atoms with Crippen LogP contribution in [0.1, 0.15) is 32.5 Å². The summed E-state index contributed by atoms with van der Waals surface area (Å²) in [5, 5.41) is 7.56. The highest BCUT2D eigenvalue weighted by molar-refractivity contribution is 4.87. The minimum absolute atomic E-state index is 0.00211. The molecule has 6 nitrogen and oxygen atoms in total. The van der Waals surface area contributed by atoms with E-state index in [4.69, 9.17) is 9.47 Å². The quantitative estimate of drug-likeness (QED) is 0.747. The van der Waals surface area contributed by atoms with E-state index in [1.165, 1.54) is 0 Å². The van der Waals surface area contributed by atoms with Crippen molar-refractivity contribution in [3.63, 3.8) is 0 Å². The Labute approximate surface area is 114 Å².